The Morgan fingerprint density at radius 3 is 2.58 bits per heavy atom. The lowest BCUT2D eigenvalue weighted by Crippen LogP contribution is -2.09. The molecule has 0 spiro atoms. The predicted octanol–water partition coefficient (Wildman–Crippen LogP) is 2.36. The lowest BCUT2D eigenvalue weighted by Gasteiger charge is -2.08. The van der Waals surface area contributed by atoms with Gasteiger partial charge >= 0.3 is 0 Å². The van der Waals surface area contributed by atoms with Gasteiger partial charge in [0.2, 0.25) is 5.91 Å². The summed E-state index contributed by atoms with van der Waals surface area (Å²) in [6.07, 6.45) is 0. The first-order valence-electron chi connectivity index (χ1n) is 3.63. The van der Waals surface area contributed by atoms with E-state index >= 15 is 0 Å². The first kappa shape index (κ1) is 9.26. The summed E-state index contributed by atoms with van der Waals surface area (Å²) >= 11 is 3.33. The molecule has 0 aliphatic heterocycles. The lowest BCUT2D eigenvalue weighted by molar-refractivity contribution is -0.119. The van der Waals surface area contributed by atoms with Crippen molar-refractivity contribution >= 4 is 21.8 Å². The van der Waals surface area contributed by atoms with Gasteiger partial charge < -0.3 is 0 Å². The summed E-state index contributed by atoms with van der Waals surface area (Å²) in [5.74, 6) is -0.900. The van der Waals surface area contributed by atoms with Crippen molar-refractivity contribution in [1.82, 2.24) is 5.73 Å². The van der Waals surface area contributed by atoms with E-state index in [9.17, 15) is 4.79 Å². The molecule has 3 heteroatoms. The maximum atomic E-state index is 10.7. The third-order valence-electron chi connectivity index (χ3n) is 1.77. The van der Waals surface area contributed by atoms with Gasteiger partial charge in [-0.15, -0.1) is 0 Å². The van der Waals surface area contributed by atoms with Crippen LogP contribution >= 0.6 is 15.9 Å². The quantitative estimate of drug-likeness (QED) is 0.764. The van der Waals surface area contributed by atoms with Gasteiger partial charge in [-0.3, -0.25) is 10.5 Å². The van der Waals surface area contributed by atoms with Crippen molar-refractivity contribution < 1.29 is 4.79 Å². The van der Waals surface area contributed by atoms with E-state index in [2.05, 4.69) is 15.9 Å². The molecule has 1 atom stereocenters. The third-order valence-corrected chi connectivity index (χ3v) is 2.49. The second kappa shape index (κ2) is 3.72. The maximum absolute atomic E-state index is 10.7. The van der Waals surface area contributed by atoms with Gasteiger partial charge in [-0.25, -0.2) is 0 Å². The Bertz CT molecular complexity index is 298. The van der Waals surface area contributed by atoms with Crippen LogP contribution < -0.4 is 5.73 Å². The largest absolute Gasteiger partial charge is 0.273 e. The van der Waals surface area contributed by atoms with Crippen LogP contribution in [0.1, 0.15) is 18.4 Å². The van der Waals surface area contributed by atoms with Crippen molar-refractivity contribution in [3.05, 3.63) is 34.3 Å². The summed E-state index contributed by atoms with van der Waals surface area (Å²) in [4.78, 5) is 10.7. The number of carbonyl (C=O) groups is 1. The number of hydrogen-bond donors (Lipinski definition) is 0. The fourth-order valence-corrected chi connectivity index (χ4v) is 1.60. The molecule has 0 aromatic heterocycles. The average Bonchev–Trinajstić information content (AvgIpc) is 2.04. The van der Waals surface area contributed by atoms with Crippen LogP contribution in [0.25, 0.3) is 0 Å². The molecule has 0 heterocycles. The fourth-order valence-electron chi connectivity index (χ4n) is 0.967. The number of benzene rings is 1. The number of carbonyl (C=O) groups excluding carboxylic acids is 1. The second-order valence-electron chi connectivity index (χ2n) is 2.61. The topological polar surface area (TPSA) is 40.9 Å². The normalized spacial score (nSPS) is 12.5. The van der Waals surface area contributed by atoms with E-state index in [0.29, 0.717) is 0 Å². The van der Waals surface area contributed by atoms with Crippen molar-refractivity contribution in [2.75, 3.05) is 0 Å². The highest BCUT2D eigenvalue weighted by Gasteiger charge is 2.13. The molecule has 0 bridgehead atoms. The summed E-state index contributed by atoms with van der Waals surface area (Å²) in [5, 5.41) is 0. The van der Waals surface area contributed by atoms with Gasteiger partial charge in [0.1, 0.15) is 0 Å². The van der Waals surface area contributed by atoms with E-state index in [1.165, 1.54) is 0 Å². The van der Waals surface area contributed by atoms with E-state index < -0.39 is 5.91 Å². The monoisotopic (exact) mass is 226 g/mol. The Morgan fingerprint density at radius 1 is 1.50 bits per heavy atom. The van der Waals surface area contributed by atoms with Crippen molar-refractivity contribution in [1.29, 1.82) is 0 Å². The highest BCUT2D eigenvalue weighted by atomic mass is 79.9. The molecule has 63 valence electrons. The van der Waals surface area contributed by atoms with Crippen LogP contribution in [0, 0.1) is 0 Å². The van der Waals surface area contributed by atoms with E-state index in [4.69, 9.17) is 5.73 Å². The minimum absolute atomic E-state index is 0.347. The van der Waals surface area contributed by atoms with Gasteiger partial charge in [-0.05, 0) is 18.6 Å². The van der Waals surface area contributed by atoms with Gasteiger partial charge in [0.05, 0.1) is 5.92 Å². The molecule has 1 unspecified atom stereocenters. The van der Waals surface area contributed by atoms with Gasteiger partial charge in [0, 0.05) is 4.47 Å². The zero-order chi connectivity index (χ0) is 9.14. The molecule has 0 saturated carbocycles. The third kappa shape index (κ3) is 1.85. The van der Waals surface area contributed by atoms with Crippen molar-refractivity contribution in [3.63, 3.8) is 0 Å². The van der Waals surface area contributed by atoms with Crippen molar-refractivity contribution in [3.8, 4) is 0 Å². The Labute approximate surface area is 79.9 Å². The zero-order valence-corrected chi connectivity index (χ0v) is 8.26. The molecular formula is C9H9BrNO. The van der Waals surface area contributed by atoms with Crippen LogP contribution in [0.4, 0.5) is 0 Å². The Morgan fingerprint density at radius 2 is 2.08 bits per heavy atom. The fraction of sp³-hybridized carbons (Fsp3) is 0.222. The summed E-state index contributed by atoms with van der Waals surface area (Å²) in [6.45, 7) is 1.73. The van der Waals surface area contributed by atoms with Crippen LogP contribution in [0.15, 0.2) is 28.7 Å². The van der Waals surface area contributed by atoms with Crippen LogP contribution in [0.5, 0.6) is 0 Å². The Kier molecular flexibility index (Phi) is 2.87. The van der Waals surface area contributed by atoms with Crippen LogP contribution in [0.2, 0.25) is 0 Å². The molecule has 0 aliphatic rings. The zero-order valence-electron chi connectivity index (χ0n) is 6.67. The Balaban J connectivity index is 3.02. The van der Waals surface area contributed by atoms with Gasteiger partial charge in [-0.2, -0.15) is 0 Å². The number of halogens is 1. The number of hydrogen-bond acceptors (Lipinski definition) is 1. The Hall–Kier alpha value is -0.830. The first-order valence-corrected chi connectivity index (χ1v) is 4.42. The maximum Gasteiger partial charge on any atom is 0.245 e. The second-order valence-corrected chi connectivity index (χ2v) is 3.46. The first-order chi connectivity index (χ1) is 5.63. The van der Waals surface area contributed by atoms with E-state index in [-0.39, 0.29) is 5.92 Å². The van der Waals surface area contributed by atoms with Crippen LogP contribution in [-0.4, -0.2) is 5.91 Å². The molecule has 1 amide bonds. The van der Waals surface area contributed by atoms with E-state index in [1.807, 2.05) is 24.3 Å². The molecule has 1 rings (SSSR count). The van der Waals surface area contributed by atoms with Crippen molar-refractivity contribution in [2.45, 2.75) is 12.8 Å². The van der Waals surface area contributed by atoms with Gasteiger partial charge in [0.25, 0.3) is 0 Å². The number of amides is 1. The molecular weight excluding hydrogens is 218 g/mol. The predicted molar refractivity (Wildman–Crippen MR) is 50.7 cm³/mol. The highest BCUT2D eigenvalue weighted by molar-refractivity contribution is 9.10. The number of rotatable bonds is 2. The molecule has 1 aromatic carbocycles. The highest BCUT2D eigenvalue weighted by Crippen LogP contribution is 2.24. The SMILES string of the molecule is CC(C([NH])=O)c1ccccc1Br. The van der Waals surface area contributed by atoms with E-state index in [1.54, 1.807) is 6.92 Å². The molecule has 0 fully saturated rings. The molecule has 12 heavy (non-hydrogen) atoms. The van der Waals surface area contributed by atoms with E-state index in [0.717, 1.165) is 10.0 Å². The van der Waals surface area contributed by atoms with Crippen molar-refractivity contribution in [2.24, 2.45) is 0 Å². The smallest absolute Gasteiger partial charge is 0.245 e. The average molecular weight is 227 g/mol. The van der Waals surface area contributed by atoms with Crippen LogP contribution in [-0.2, 0) is 4.79 Å². The van der Waals surface area contributed by atoms with Crippen LogP contribution in [0.3, 0.4) is 0 Å². The van der Waals surface area contributed by atoms with Gasteiger partial charge in [-0.1, -0.05) is 34.1 Å². The number of nitrogens with one attached hydrogen (secondary N) is 1. The summed E-state index contributed by atoms with van der Waals surface area (Å²) in [7, 11) is 0. The standard InChI is InChI=1S/C9H9BrNO/c1-6(9(11)12)7-4-2-3-5-8(7)10/h2-6,11H,1H3. The summed E-state index contributed by atoms with van der Waals surface area (Å²) < 4.78 is 0.887. The molecule has 1 radical (unpaired) electrons. The van der Waals surface area contributed by atoms with Gasteiger partial charge in [0.15, 0.2) is 0 Å². The lowest BCUT2D eigenvalue weighted by atomic mass is 10.0. The minimum atomic E-state index is -0.554. The molecule has 0 aliphatic carbocycles. The molecule has 2 nitrogen and oxygen atoms in total. The summed E-state index contributed by atoms with van der Waals surface area (Å²) in [6, 6.07) is 7.46. The molecule has 1 N–H and O–H groups in total. The summed E-state index contributed by atoms with van der Waals surface area (Å²) in [5.41, 5.74) is 7.83. The molecule has 0 saturated heterocycles. The minimum Gasteiger partial charge on any atom is -0.273 e. The molecule has 1 aromatic rings.